The van der Waals surface area contributed by atoms with Gasteiger partial charge in [-0.25, -0.2) is 9.78 Å². The second-order valence-electron chi connectivity index (χ2n) is 6.24. The Kier molecular flexibility index (Phi) is 7.03. The summed E-state index contributed by atoms with van der Waals surface area (Å²) in [6.45, 7) is 8.17. The smallest absolute Gasteiger partial charge is 0.319 e. The van der Waals surface area contributed by atoms with Gasteiger partial charge in [-0.15, -0.1) is 11.3 Å². The van der Waals surface area contributed by atoms with Crippen LogP contribution in [0.15, 0.2) is 30.5 Å². The number of carbonyl (C=O) groups excluding carboxylic acids is 1. The highest BCUT2D eigenvalue weighted by Gasteiger charge is 2.24. The van der Waals surface area contributed by atoms with Gasteiger partial charge >= 0.3 is 6.03 Å². The van der Waals surface area contributed by atoms with Crippen LogP contribution < -0.4 is 15.4 Å². The fourth-order valence-electron chi connectivity index (χ4n) is 3.02. The average molecular weight is 391 g/mol. The van der Waals surface area contributed by atoms with Crippen molar-refractivity contribution >= 4 is 23.1 Å². The number of nitrogens with one attached hydrogen (secondary N) is 2. The van der Waals surface area contributed by atoms with Crippen LogP contribution in [0.1, 0.15) is 22.7 Å². The van der Waals surface area contributed by atoms with E-state index >= 15 is 0 Å². The Hall–Kier alpha value is -2.16. The molecule has 27 heavy (non-hydrogen) atoms. The number of morpholine rings is 1. The largest absolute Gasteiger partial charge is 0.476 e. The molecule has 0 saturated carbocycles. The quantitative estimate of drug-likeness (QED) is 0.760. The molecule has 0 aromatic carbocycles. The monoisotopic (exact) mass is 390 g/mol. The predicted molar refractivity (Wildman–Crippen MR) is 107 cm³/mol. The van der Waals surface area contributed by atoms with Crippen LogP contribution in [-0.4, -0.2) is 55.4 Å². The first-order chi connectivity index (χ1) is 13.2. The summed E-state index contributed by atoms with van der Waals surface area (Å²) in [5.74, 6) is 0.425. The summed E-state index contributed by atoms with van der Waals surface area (Å²) in [5.41, 5.74) is 0.562. The first-order valence-electron chi connectivity index (χ1n) is 9.18. The van der Waals surface area contributed by atoms with E-state index in [-0.39, 0.29) is 12.1 Å². The van der Waals surface area contributed by atoms with Gasteiger partial charge in [0.15, 0.2) is 0 Å². The van der Waals surface area contributed by atoms with Crippen LogP contribution in [0.2, 0.25) is 0 Å². The Morgan fingerprint density at radius 2 is 2.19 bits per heavy atom. The summed E-state index contributed by atoms with van der Waals surface area (Å²) in [7, 11) is 0. The van der Waals surface area contributed by atoms with E-state index < -0.39 is 0 Å². The molecule has 8 heteroatoms. The van der Waals surface area contributed by atoms with E-state index in [2.05, 4.69) is 39.6 Å². The number of hydrogen-bond acceptors (Lipinski definition) is 6. The van der Waals surface area contributed by atoms with Crippen molar-refractivity contribution in [3.05, 3.63) is 40.2 Å². The molecule has 1 fully saturated rings. The first kappa shape index (κ1) is 19.6. The Labute approximate surface area is 163 Å². The predicted octanol–water partition coefficient (Wildman–Crippen LogP) is 3.05. The van der Waals surface area contributed by atoms with Crippen LogP contribution in [0.5, 0.6) is 5.88 Å². The Bertz CT molecular complexity index is 746. The fourth-order valence-corrected chi connectivity index (χ4v) is 4.04. The minimum absolute atomic E-state index is 0.138. The van der Waals surface area contributed by atoms with Crippen LogP contribution in [0.3, 0.4) is 0 Å². The molecule has 2 aromatic rings. The maximum Gasteiger partial charge on any atom is 0.319 e. The van der Waals surface area contributed by atoms with Crippen molar-refractivity contribution in [1.82, 2.24) is 15.2 Å². The van der Waals surface area contributed by atoms with Gasteiger partial charge in [-0.1, -0.05) is 0 Å². The number of ether oxygens (including phenoxy) is 2. The summed E-state index contributed by atoms with van der Waals surface area (Å²) in [5, 5.41) is 5.83. The van der Waals surface area contributed by atoms with Crippen LogP contribution in [0.25, 0.3) is 0 Å². The Morgan fingerprint density at radius 1 is 1.37 bits per heavy atom. The number of thiophene rings is 1. The van der Waals surface area contributed by atoms with Gasteiger partial charge in [0.25, 0.3) is 0 Å². The van der Waals surface area contributed by atoms with Gasteiger partial charge in [-0.3, -0.25) is 4.90 Å². The van der Waals surface area contributed by atoms with Crippen molar-refractivity contribution in [3.63, 3.8) is 0 Å². The molecule has 1 aliphatic rings. The third-order valence-corrected chi connectivity index (χ3v) is 5.43. The van der Waals surface area contributed by atoms with Crippen molar-refractivity contribution in [2.45, 2.75) is 19.9 Å². The van der Waals surface area contributed by atoms with Crippen LogP contribution in [0, 0.1) is 6.92 Å². The van der Waals surface area contributed by atoms with Crippen molar-refractivity contribution in [3.8, 4) is 5.88 Å². The van der Waals surface area contributed by atoms with E-state index in [1.807, 2.05) is 6.92 Å². The zero-order chi connectivity index (χ0) is 19.1. The number of hydrogen-bond donors (Lipinski definition) is 2. The van der Waals surface area contributed by atoms with E-state index in [4.69, 9.17) is 9.47 Å². The molecular formula is C19H26N4O3S. The summed E-state index contributed by atoms with van der Waals surface area (Å²) in [6, 6.07) is 7.68. The SMILES string of the molecule is CCOc1ncccc1NC(=O)NCC(c1ccc(C)s1)N1CCOCC1. The molecule has 2 N–H and O–H groups in total. The van der Waals surface area contributed by atoms with Gasteiger partial charge in [-0.2, -0.15) is 0 Å². The molecule has 0 spiro atoms. The van der Waals surface area contributed by atoms with Gasteiger partial charge in [0.2, 0.25) is 5.88 Å². The number of carbonyl (C=O) groups is 1. The van der Waals surface area contributed by atoms with Crippen LogP contribution in [0.4, 0.5) is 10.5 Å². The summed E-state index contributed by atoms with van der Waals surface area (Å²) in [4.78, 5) is 21.5. The number of anilines is 1. The molecule has 146 valence electrons. The summed E-state index contributed by atoms with van der Waals surface area (Å²) < 4.78 is 10.9. The third kappa shape index (κ3) is 5.41. The molecule has 1 aliphatic heterocycles. The maximum atomic E-state index is 12.4. The molecule has 3 rings (SSSR count). The number of pyridine rings is 1. The molecule has 2 aromatic heterocycles. The van der Waals surface area contributed by atoms with Gasteiger partial charge in [0.1, 0.15) is 5.69 Å². The van der Waals surface area contributed by atoms with E-state index in [1.165, 1.54) is 9.75 Å². The Balaban J connectivity index is 1.63. The highest BCUT2D eigenvalue weighted by molar-refractivity contribution is 7.12. The lowest BCUT2D eigenvalue weighted by Gasteiger charge is -2.34. The van der Waals surface area contributed by atoms with Gasteiger partial charge in [0.05, 0.1) is 25.9 Å². The van der Waals surface area contributed by atoms with Gasteiger partial charge < -0.3 is 20.1 Å². The van der Waals surface area contributed by atoms with E-state index in [1.54, 1.807) is 29.7 Å². The molecule has 0 aliphatic carbocycles. The molecule has 1 atom stereocenters. The lowest BCUT2D eigenvalue weighted by atomic mass is 10.2. The third-order valence-electron chi connectivity index (χ3n) is 4.33. The zero-order valence-electron chi connectivity index (χ0n) is 15.7. The van der Waals surface area contributed by atoms with E-state index in [0.717, 1.165) is 26.3 Å². The number of aryl methyl sites for hydroxylation is 1. The number of aromatic nitrogens is 1. The second kappa shape index (κ2) is 9.68. The minimum Gasteiger partial charge on any atom is -0.476 e. The maximum absolute atomic E-state index is 12.4. The zero-order valence-corrected chi connectivity index (χ0v) is 16.6. The molecule has 0 radical (unpaired) electrons. The van der Waals surface area contributed by atoms with Gasteiger partial charge in [0, 0.05) is 35.6 Å². The van der Waals surface area contributed by atoms with Crippen molar-refractivity contribution in [2.24, 2.45) is 0 Å². The molecule has 1 unspecified atom stereocenters. The molecule has 2 amide bonds. The van der Waals surface area contributed by atoms with E-state index in [0.29, 0.717) is 24.7 Å². The van der Waals surface area contributed by atoms with Crippen molar-refractivity contribution in [1.29, 1.82) is 0 Å². The number of urea groups is 1. The number of nitrogens with zero attached hydrogens (tertiary/aromatic N) is 2. The topological polar surface area (TPSA) is 75.7 Å². The minimum atomic E-state index is -0.268. The fraction of sp³-hybridized carbons (Fsp3) is 0.474. The highest BCUT2D eigenvalue weighted by Crippen LogP contribution is 2.28. The lowest BCUT2D eigenvalue weighted by molar-refractivity contribution is 0.0175. The standard InChI is InChI=1S/C19H26N4O3S/c1-3-26-18-15(5-4-8-20-18)22-19(24)21-13-16(17-7-6-14(2)27-17)23-9-11-25-12-10-23/h4-8,16H,3,9-13H2,1-2H3,(H2,21,22,24). The van der Waals surface area contributed by atoms with Gasteiger partial charge in [-0.05, 0) is 38.1 Å². The average Bonchev–Trinajstić information content (AvgIpc) is 3.11. The molecule has 7 nitrogen and oxygen atoms in total. The molecule has 1 saturated heterocycles. The number of amides is 2. The van der Waals surface area contributed by atoms with E-state index in [9.17, 15) is 4.79 Å². The molecular weight excluding hydrogens is 364 g/mol. The van der Waals surface area contributed by atoms with Crippen molar-refractivity contribution < 1.29 is 14.3 Å². The summed E-state index contributed by atoms with van der Waals surface area (Å²) in [6.07, 6.45) is 1.64. The first-order valence-corrected chi connectivity index (χ1v) is 10.00. The highest BCUT2D eigenvalue weighted by atomic mass is 32.1. The number of rotatable bonds is 7. The summed E-state index contributed by atoms with van der Waals surface area (Å²) >= 11 is 1.77. The second-order valence-corrected chi connectivity index (χ2v) is 7.56. The van der Waals surface area contributed by atoms with Crippen molar-refractivity contribution in [2.75, 3.05) is 44.8 Å². The Morgan fingerprint density at radius 3 is 2.89 bits per heavy atom. The molecule has 0 bridgehead atoms. The van der Waals surface area contributed by atoms with Crippen LogP contribution in [-0.2, 0) is 4.74 Å². The normalized spacial score (nSPS) is 15.9. The van der Waals surface area contributed by atoms with Crippen LogP contribution >= 0.6 is 11.3 Å². The lowest BCUT2D eigenvalue weighted by Crippen LogP contribution is -2.44. The molecule has 3 heterocycles.